The fraction of sp³-hybridized carbons (Fsp3) is 0.300. The Labute approximate surface area is 172 Å². The minimum absolute atomic E-state index is 0.219. The molecule has 3 aromatic rings. The first-order chi connectivity index (χ1) is 13.3. The molecule has 2 heterocycles. The minimum atomic E-state index is -0.810. The summed E-state index contributed by atoms with van der Waals surface area (Å²) in [6, 6.07) is 10.5. The Hall–Kier alpha value is -2.58. The number of hydrogen-bond acceptors (Lipinski definition) is 6. The van der Waals surface area contributed by atoms with Gasteiger partial charge in [0, 0.05) is 21.5 Å². The first-order valence-electron chi connectivity index (χ1n) is 8.79. The number of anilines is 1. The molecule has 146 valence electrons. The van der Waals surface area contributed by atoms with Crippen molar-refractivity contribution in [3.63, 3.8) is 0 Å². The van der Waals surface area contributed by atoms with Gasteiger partial charge in [-0.05, 0) is 68.4 Å². The summed E-state index contributed by atoms with van der Waals surface area (Å²) in [5.41, 5.74) is 1.42. The third-order valence-corrected chi connectivity index (χ3v) is 5.32. The van der Waals surface area contributed by atoms with E-state index in [-0.39, 0.29) is 17.5 Å². The van der Waals surface area contributed by atoms with Gasteiger partial charge in [-0.25, -0.2) is 0 Å². The van der Waals surface area contributed by atoms with Crippen LogP contribution in [0.2, 0.25) is 0 Å². The van der Waals surface area contributed by atoms with E-state index in [2.05, 4.69) is 14.9 Å². The third-order valence-electron chi connectivity index (χ3n) is 3.90. The van der Waals surface area contributed by atoms with Gasteiger partial charge >= 0.3 is 0 Å². The van der Waals surface area contributed by atoms with Crippen molar-refractivity contribution in [2.45, 2.75) is 39.3 Å². The predicted octanol–water partition coefficient (Wildman–Crippen LogP) is 4.21. The fourth-order valence-corrected chi connectivity index (χ4v) is 4.04. The maximum absolute atomic E-state index is 13.4. The summed E-state index contributed by atoms with van der Waals surface area (Å²) in [7, 11) is 0. The maximum Gasteiger partial charge on any atom is 0.280 e. The molecule has 1 N–H and O–H groups in total. The average molecular weight is 415 g/mol. The van der Waals surface area contributed by atoms with Crippen molar-refractivity contribution in [2.24, 2.45) is 0 Å². The molecule has 0 aliphatic heterocycles. The Balaban J connectivity index is 2.13. The molecule has 2 aromatic heterocycles. The Morgan fingerprint density at radius 1 is 1.18 bits per heavy atom. The molecule has 0 bridgehead atoms. The molecule has 0 saturated heterocycles. The smallest absolute Gasteiger partial charge is 0.280 e. The molecule has 1 atom stereocenters. The predicted molar refractivity (Wildman–Crippen MR) is 113 cm³/mol. The summed E-state index contributed by atoms with van der Waals surface area (Å²) in [4.78, 5) is 29.0. The van der Waals surface area contributed by atoms with Gasteiger partial charge < -0.3 is 5.32 Å². The molecule has 0 aliphatic carbocycles. The highest BCUT2D eigenvalue weighted by Gasteiger charge is 2.36. The van der Waals surface area contributed by atoms with Crippen LogP contribution in [0.5, 0.6) is 0 Å². The lowest BCUT2D eigenvalue weighted by atomic mass is 10.1. The van der Waals surface area contributed by atoms with Crippen molar-refractivity contribution >= 4 is 40.4 Å². The van der Waals surface area contributed by atoms with Gasteiger partial charge in [0.2, 0.25) is 5.91 Å². The summed E-state index contributed by atoms with van der Waals surface area (Å²) < 4.78 is 3.81. The Bertz CT molecular complexity index is 947. The van der Waals surface area contributed by atoms with Gasteiger partial charge in [-0.2, -0.15) is 0 Å². The Morgan fingerprint density at radius 2 is 1.96 bits per heavy atom. The molecule has 0 saturated carbocycles. The van der Waals surface area contributed by atoms with Crippen molar-refractivity contribution < 1.29 is 9.59 Å². The van der Waals surface area contributed by atoms with Gasteiger partial charge in [0.25, 0.3) is 5.91 Å². The van der Waals surface area contributed by atoms with Crippen LogP contribution in [0.1, 0.15) is 47.7 Å². The van der Waals surface area contributed by atoms with Crippen LogP contribution in [0.3, 0.4) is 0 Å². The van der Waals surface area contributed by atoms with E-state index in [1.807, 2.05) is 69.5 Å². The highest BCUT2D eigenvalue weighted by atomic mass is 32.1. The number of rotatable bonds is 5. The number of amides is 2. The lowest BCUT2D eigenvalue weighted by Crippen LogP contribution is -2.49. The van der Waals surface area contributed by atoms with Gasteiger partial charge in [0.15, 0.2) is 11.7 Å². The number of nitrogens with zero attached hydrogens (tertiary/aromatic N) is 3. The van der Waals surface area contributed by atoms with Crippen LogP contribution in [0, 0.1) is 6.92 Å². The van der Waals surface area contributed by atoms with Crippen LogP contribution in [0.4, 0.5) is 5.69 Å². The molecule has 8 heteroatoms. The minimum Gasteiger partial charge on any atom is -0.349 e. The summed E-state index contributed by atoms with van der Waals surface area (Å²) in [6.07, 6.45) is 0. The van der Waals surface area contributed by atoms with E-state index in [1.165, 1.54) is 16.2 Å². The van der Waals surface area contributed by atoms with E-state index in [9.17, 15) is 9.59 Å². The third kappa shape index (κ3) is 4.63. The summed E-state index contributed by atoms with van der Waals surface area (Å²) in [5, 5.41) is 10.4. The number of aromatic nitrogens is 2. The standard InChI is InChI=1S/C20H22N4O2S2/c1-13-7-5-8-14(11-13)24(19(26)15-12-28-23-22-15)17(16-9-6-10-27-16)18(25)21-20(2,3)4/h5-12,17H,1-4H3,(H,21,25)/t17-/m1/s1. The highest BCUT2D eigenvalue weighted by Crippen LogP contribution is 2.32. The quantitative estimate of drug-likeness (QED) is 0.679. The van der Waals surface area contributed by atoms with E-state index >= 15 is 0 Å². The lowest BCUT2D eigenvalue weighted by Gasteiger charge is -2.32. The molecule has 3 rings (SSSR count). The van der Waals surface area contributed by atoms with Crippen molar-refractivity contribution in [3.05, 3.63) is 63.3 Å². The molecule has 0 spiro atoms. The van der Waals surface area contributed by atoms with Gasteiger partial charge in [-0.15, -0.1) is 16.4 Å². The monoisotopic (exact) mass is 414 g/mol. The maximum atomic E-state index is 13.4. The van der Waals surface area contributed by atoms with Crippen molar-refractivity contribution in [1.29, 1.82) is 0 Å². The summed E-state index contributed by atoms with van der Waals surface area (Å²) >= 11 is 2.54. The molecular weight excluding hydrogens is 392 g/mol. The van der Waals surface area contributed by atoms with Crippen LogP contribution < -0.4 is 10.2 Å². The topological polar surface area (TPSA) is 75.2 Å². The Kier molecular flexibility index (Phi) is 5.90. The first-order valence-corrected chi connectivity index (χ1v) is 10.5. The van der Waals surface area contributed by atoms with E-state index in [4.69, 9.17) is 0 Å². The van der Waals surface area contributed by atoms with Crippen molar-refractivity contribution in [1.82, 2.24) is 14.9 Å². The van der Waals surface area contributed by atoms with Gasteiger partial charge in [0.05, 0.1) is 0 Å². The molecular formula is C20H22N4O2S2. The van der Waals surface area contributed by atoms with Gasteiger partial charge in [0.1, 0.15) is 0 Å². The summed E-state index contributed by atoms with van der Waals surface area (Å²) in [5.74, 6) is -0.602. The number of nitrogens with one attached hydrogen (secondary N) is 1. The van der Waals surface area contributed by atoms with E-state index < -0.39 is 11.6 Å². The van der Waals surface area contributed by atoms with E-state index in [0.29, 0.717) is 5.69 Å². The Morgan fingerprint density at radius 3 is 2.54 bits per heavy atom. The SMILES string of the molecule is Cc1cccc(N(C(=O)c2csnn2)[C@@H](C(=O)NC(C)(C)C)c2cccs2)c1. The van der Waals surface area contributed by atoms with Crippen molar-refractivity contribution in [3.8, 4) is 0 Å². The van der Waals surface area contributed by atoms with Crippen LogP contribution in [-0.4, -0.2) is 26.9 Å². The van der Waals surface area contributed by atoms with Crippen molar-refractivity contribution in [2.75, 3.05) is 4.90 Å². The number of carbonyl (C=O) groups is 2. The zero-order valence-corrected chi connectivity index (χ0v) is 17.8. The number of carbonyl (C=O) groups excluding carboxylic acids is 2. The van der Waals surface area contributed by atoms with Crippen LogP contribution in [0.25, 0.3) is 0 Å². The number of benzene rings is 1. The largest absolute Gasteiger partial charge is 0.349 e. The molecule has 28 heavy (non-hydrogen) atoms. The lowest BCUT2D eigenvalue weighted by molar-refractivity contribution is -0.123. The number of aryl methyl sites for hydroxylation is 1. The molecule has 6 nitrogen and oxygen atoms in total. The molecule has 0 fully saturated rings. The second-order valence-electron chi connectivity index (χ2n) is 7.46. The zero-order valence-electron chi connectivity index (χ0n) is 16.2. The van der Waals surface area contributed by atoms with E-state index in [1.54, 1.807) is 5.38 Å². The van der Waals surface area contributed by atoms with Crippen LogP contribution in [0.15, 0.2) is 47.2 Å². The number of hydrogen-bond donors (Lipinski definition) is 1. The second kappa shape index (κ2) is 8.20. The number of thiophene rings is 1. The molecule has 0 aliphatic rings. The molecule has 2 amide bonds. The zero-order chi connectivity index (χ0) is 20.3. The molecule has 0 radical (unpaired) electrons. The fourth-order valence-electron chi connectivity index (χ4n) is 2.80. The highest BCUT2D eigenvalue weighted by molar-refractivity contribution is 7.10. The normalized spacial score (nSPS) is 12.4. The van der Waals surface area contributed by atoms with Gasteiger partial charge in [-0.3, -0.25) is 14.5 Å². The molecule has 0 unspecified atom stereocenters. The molecule has 1 aromatic carbocycles. The first kappa shape index (κ1) is 20.2. The average Bonchev–Trinajstić information content (AvgIpc) is 3.30. The van der Waals surface area contributed by atoms with Crippen LogP contribution in [-0.2, 0) is 4.79 Å². The summed E-state index contributed by atoms with van der Waals surface area (Å²) in [6.45, 7) is 7.70. The van der Waals surface area contributed by atoms with Crippen LogP contribution >= 0.6 is 22.9 Å². The second-order valence-corrected chi connectivity index (χ2v) is 9.05. The van der Waals surface area contributed by atoms with Gasteiger partial charge in [-0.1, -0.05) is 22.7 Å². The van der Waals surface area contributed by atoms with E-state index in [0.717, 1.165) is 22.0 Å².